The van der Waals surface area contributed by atoms with Crippen LogP contribution in [-0.2, 0) is 6.54 Å². The van der Waals surface area contributed by atoms with Gasteiger partial charge in [0.1, 0.15) is 0 Å². The first kappa shape index (κ1) is 12.8. The number of hydrogen-bond donors (Lipinski definition) is 1. The van der Waals surface area contributed by atoms with Gasteiger partial charge in [-0.3, -0.25) is 4.90 Å². The predicted molar refractivity (Wildman–Crippen MR) is 64.5 cm³/mol. The molecule has 0 aliphatic carbocycles. The lowest BCUT2D eigenvalue weighted by Crippen LogP contribution is -2.26. The molecular weight excluding hydrogens is 233 g/mol. The lowest BCUT2D eigenvalue weighted by atomic mass is 10.2. The molecule has 0 spiro atoms. The first-order chi connectivity index (χ1) is 7.19. The second-order valence-electron chi connectivity index (χ2n) is 3.29. The smallest absolute Gasteiger partial charge is 0.0558 e. The summed E-state index contributed by atoms with van der Waals surface area (Å²) in [5.74, 6) is 0. The fourth-order valence-corrected chi connectivity index (χ4v) is 1.91. The average molecular weight is 248 g/mol. The summed E-state index contributed by atoms with van der Waals surface area (Å²) in [5.41, 5.74) is 0.927. The standard InChI is InChI=1S/C11H15Cl2NO/c1-2-14(6-7-15)8-9-10(12)4-3-5-11(9)13/h3-5,15H,2,6-8H2,1H3. The zero-order valence-corrected chi connectivity index (χ0v) is 10.2. The molecule has 0 aliphatic rings. The van der Waals surface area contributed by atoms with Crippen LogP contribution < -0.4 is 0 Å². The molecule has 0 unspecified atom stereocenters. The van der Waals surface area contributed by atoms with Crippen molar-refractivity contribution in [3.63, 3.8) is 0 Å². The van der Waals surface area contributed by atoms with Crippen molar-refractivity contribution < 1.29 is 5.11 Å². The van der Waals surface area contributed by atoms with Crippen molar-refractivity contribution in [2.24, 2.45) is 0 Å². The molecule has 1 N–H and O–H groups in total. The summed E-state index contributed by atoms with van der Waals surface area (Å²) >= 11 is 12.1. The van der Waals surface area contributed by atoms with Gasteiger partial charge < -0.3 is 5.11 Å². The minimum atomic E-state index is 0.149. The molecule has 1 aromatic rings. The van der Waals surface area contributed by atoms with Gasteiger partial charge >= 0.3 is 0 Å². The van der Waals surface area contributed by atoms with Crippen LogP contribution in [0.5, 0.6) is 0 Å². The van der Waals surface area contributed by atoms with Crippen LogP contribution in [0.3, 0.4) is 0 Å². The van der Waals surface area contributed by atoms with Gasteiger partial charge in [0.15, 0.2) is 0 Å². The van der Waals surface area contributed by atoms with E-state index in [1.165, 1.54) is 0 Å². The zero-order valence-electron chi connectivity index (χ0n) is 8.71. The highest BCUT2D eigenvalue weighted by Crippen LogP contribution is 2.25. The lowest BCUT2D eigenvalue weighted by Gasteiger charge is -2.20. The van der Waals surface area contributed by atoms with Gasteiger partial charge in [-0.05, 0) is 18.7 Å². The quantitative estimate of drug-likeness (QED) is 0.866. The van der Waals surface area contributed by atoms with Crippen molar-refractivity contribution >= 4 is 23.2 Å². The van der Waals surface area contributed by atoms with E-state index in [9.17, 15) is 0 Å². The molecule has 0 amide bonds. The molecule has 84 valence electrons. The highest BCUT2D eigenvalue weighted by Gasteiger charge is 2.09. The van der Waals surface area contributed by atoms with E-state index in [0.717, 1.165) is 12.1 Å². The Morgan fingerprint density at radius 1 is 1.27 bits per heavy atom. The van der Waals surface area contributed by atoms with Gasteiger partial charge in [-0.25, -0.2) is 0 Å². The molecule has 0 saturated heterocycles. The fraction of sp³-hybridized carbons (Fsp3) is 0.455. The number of likely N-dealkylation sites (N-methyl/N-ethyl adjacent to an activating group) is 1. The normalized spacial score (nSPS) is 11.0. The third-order valence-corrected chi connectivity index (χ3v) is 3.02. The summed E-state index contributed by atoms with van der Waals surface area (Å²) in [7, 11) is 0. The summed E-state index contributed by atoms with van der Waals surface area (Å²) in [6, 6.07) is 5.49. The van der Waals surface area contributed by atoms with Crippen LogP contribution in [0.15, 0.2) is 18.2 Å². The van der Waals surface area contributed by atoms with Crippen molar-refractivity contribution in [2.75, 3.05) is 19.7 Å². The second kappa shape index (κ2) is 6.33. The highest BCUT2D eigenvalue weighted by molar-refractivity contribution is 6.35. The number of aliphatic hydroxyl groups is 1. The fourth-order valence-electron chi connectivity index (χ4n) is 1.40. The van der Waals surface area contributed by atoms with E-state index in [0.29, 0.717) is 23.1 Å². The predicted octanol–water partition coefficient (Wildman–Crippen LogP) is 2.81. The Labute approximate surface area is 100 Å². The zero-order chi connectivity index (χ0) is 11.3. The third-order valence-electron chi connectivity index (χ3n) is 2.31. The average Bonchev–Trinajstić information content (AvgIpc) is 2.22. The molecule has 1 rings (SSSR count). The lowest BCUT2D eigenvalue weighted by molar-refractivity contribution is 0.197. The van der Waals surface area contributed by atoms with Crippen LogP contribution in [0.25, 0.3) is 0 Å². The highest BCUT2D eigenvalue weighted by atomic mass is 35.5. The molecule has 0 saturated carbocycles. The monoisotopic (exact) mass is 247 g/mol. The van der Waals surface area contributed by atoms with Gasteiger partial charge in [-0.15, -0.1) is 0 Å². The molecular formula is C11H15Cl2NO. The molecule has 0 atom stereocenters. The molecule has 0 fully saturated rings. The summed E-state index contributed by atoms with van der Waals surface area (Å²) in [6.07, 6.45) is 0. The number of benzene rings is 1. The van der Waals surface area contributed by atoms with Gasteiger partial charge in [-0.1, -0.05) is 36.2 Å². The van der Waals surface area contributed by atoms with E-state index in [4.69, 9.17) is 28.3 Å². The Morgan fingerprint density at radius 3 is 2.33 bits per heavy atom. The van der Waals surface area contributed by atoms with E-state index < -0.39 is 0 Å². The first-order valence-electron chi connectivity index (χ1n) is 4.95. The van der Waals surface area contributed by atoms with E-state index in [1.54, 1.807) is 0 Å². The molecule has 0 aromatic heterocycles. The maximum absolute atomic E-state index is 8.88. The Balaban J connectivity index is 2.78. The van der Waals surface area contributed by atoms with E-state index in [-0.39, 0.29) is 6.61 Å². The molecule has 15 heavy (non-hydrogen) atoms. The van der Waals surface area contributed by atoms with Crippen LogP contribution in [0.1, 0.15) is 12.5 Å². The van der Waals surface area contributed by atoms with Crippen molar-refractivity contribution in [1.29, 1.82) is 0 Å². The number of aliphatic hydroxyl groups excluding tert-OH is 1. The first-order valence-corrected chi connectivity index (χ1v) is 5.70. The molecule has 0 bridgehead atoms. The maximum atomic E-state index is 8.88. The van der Waals surface area contributed by atoms with Crippen molar-refractivity contribution in [2.45, 2.75) is 13.5 Å². The second-order valence-corrected chi connectivity index (χ2v) is 4.11. The van der Waals surface area contributed by atoms with Crippen LogP contribution >= 0.6 is 23.2 Å². The number of nitrogens with zero attached hydrogens (tertiary/aromatic N) is 1. The molecule has 2 nitrogen and oxygen atoms in total. The third kappa shape index (κ3) is 3.65. The molecule has 0 aliphatic heterocycles. The Morgan fingerprint density at radius 2 is 1.87 bits per heavy atom. The summed E-state index contributed by atoms with van der Waals surface area (Å²) in [6.45, 7) is 4.37. The summed E-state index contributed by atoms with van der Waals surface area (Å²) in [4.78, 5) is 2.09. The summed E-state index contributed by atoms with van der Waals surface area (Å²) < 4.78 is 0. The minimum Gasteiger partial charge on any atom is -0.395 e. The van der Waals surface area contributed by atoms with Crippen molar-refractivity contribution in [1.82, 2.24) is 4.90 Å². The van der Waals surface area contributed by atoms with E-state index in [2.05, 4.69) is 4.90 Å². The Hall–Kier alpha value is -0.280. The minimum absolute atomic E-state index is 0.149. The summed E-state index contributed by atoms with van der Waals surface area (Å²) in [5, 5.41) is 10.2. The molecule has 0 radical (unpaired) electrons. The van der Waals surface area contributed by atoms with Gasteiger partial charge in [0, 0.05) is 28.7 Å². The SMILES string of the molecule is CCN(CCO)Cc1c(Cl)cccc1Cl. The topological polar surface area (TPSA) is 23.5 Å². The Kier molecular flexibility index (Phi) is 5.40. The van der Waals surface area contributed by atoms with Crippen LogP contribution in [-0.4, -0.2) is 29.7 Å². The van der Waals surface area contributed by atoms with E-state index in [1.807, 2.05) is 25.1 Å². The Bertz CT molecular complexity index is 297. The van der Waals surface area contributed by atoms with Gasteiger partial charge in [0.05, 0.1) is 6.61 Å². The van der Waals surface area contributed by atoms with Crippen LogP contribution in [0.4, 0.5) is 0 Å². The largest absolute Gasteiger partial charge is 0.395 e. The molecule has 4 heteroatoms. The van der Waals surface area contributed by atoms with Gasteiger partial charge in [-0.2, -0.15) is 0 Å². The number of hydrogen-bond acceptors (Lipinski definition) is 2. The van der Waals surface area contributed by atoms with Gasteiger partial charge in [0.2, 0.25) is 0 Å². The van der Waals surface area contributed by atoms with Crippen LogP contribution in [0.2, 0.25) is 10.0 Å². The molecule has 0 heterocycles. The molecule has 1 aromatic carbocycles. The van der Waals surface area contributed by atoms with E-state index >= 15 is 0 Å². The van der Waals surface area contributed by atoms with Gasteiger partial charge in [0.25, 0.3) is 0 Å². The maximum Gasteiger partial charge on any atom is 0.0558 e. The van der Waals surface area contributed by atoms with Crippen molar-refractivity contribution in [3.05, 3.63) is 33.8 Å². The number of halogens is 2. The number of rotatable bonds is 5. The van der Waals surface area contributed by atoms with Crippen LogP contribution in [0, 0.1) is 0 Å². The van der Waals surface area contributed by atoms with Crippen molar-refractivity contribution in [3.8, 4) is 0 Å².